The van der Waals surface area contributed by atoms with Crippen molar-refractivity contribution in [3.63, 3.8) is 0 Å². The maximum Gasteiger partial charge on any atom is 0.180 e. The van der Waals surface area contributed by atoms with Crippen LogP contribution in [0.2, 0.25) is 0 Å². The van der Waals surface area contributed by atoms with E-state index in [1.54, 1.807) is 12.1 Å². The molecular weight excluding hydrogens is 432 g/mol. The van der Waals surface area contributed by atoms with E-state index in [1.807, 2.05) is 18.2 Å². The second-order valence-corrected chi connectivity index (χ2v) is 11.8. The van der Waals surface area contributed by atoms with Crippen LogP contribution in [0.3, 0.4) is 0 Å². The van der Waals surface area contributed by atoms with Crippen LogP contribution in [0.5, 0.6) is 0 Å². The number of hydrogen-bond donors (Lipinski definition) is 2. The van der Waals surface area contributed by atoms with Gasteiger partial charge in [0.1, 0.15) is 5.82 Å². The third kappa shape index (κ3) is 4.57. The average molecular weight is 465 g/mol. The summed E-state index contributed by atoms with van der Waals surface area (Å²) in [6.07, 6.45) is 5.70. The number of rotatable bonds is 4. The number of nitrogens with two attached hydrogens (primary N) is 1. The first kappa shape index (κ1) is 22.2. The van der Waals surface area contributed by atoms with Crippen LogP contribution in [0.15, 0.2) is 53.4 Å². The number of fused-ring (bicyclic) bond motifs is 2. The van der Waals surface area contributed by atoms with Crippen molar-refractivity contribution in [2.24, 2.45) is 5.73 Å². The summed E-state index contributed by atoms with van der Waals surface area (Å²) in [6.45, 7) is 3.72. The Balaban J connectivity index is 1.52. The topological polar surface area (TPSA) is 88.3 Å². The Morgan fingerprint density at radius 2 is 1.88 bits per heavy atom. The zero-order valence-electron chi connectivity index (χ0n) is 19.2. The molecule has 0 saturated heterocycles. The summed E-state index contributed by atoms with van der Waals surface area (Å²) in [4.78, 5) is 7.45. The molecule has 7 heteroatoms. The first-order valence-electron chi connectivity index (χ1n) is 11.8. The number of hydrogen-bond acceptors (Lipinski definition) is 6. The summed E-state index contributed by atoms with van der Waals surface area (Å²) in [5.41, 5.74) is 10.4. The van der Waals surface area contributed by atoms with Crippen molar-refractivity contribution in [1.82, 2.24) is 4.98 Å². The van der Waals surface area contributed by atoms with Crippen LogP contribution in [0.25, 0.3) is 10.9 Å². The Hall–Kier alpha value is -2.64. The number of nitrogens with one attached hydrogen (secondary N) is 1. The van der Waals surface area contributed by atoms with Crippen molar-refractivity contribution < 1.29 is 8.42 Å². The van der Waals surface area contributed by atoms with Crippen LogP contribution in [-0.2, 0) is 16.4 Å². The Morgan fingerprint density at radius 3 is 2.70 bits per heavy atom. The fourth-order valence-electron chi connectivity index (χ4n) is 5.10. The van der Waals surface area contributed by atoms with E-state index < -0.39 is 9.84 Å². The van der Waals surface area contributed by atoms with Gasteiger partial charge in [-0.2, -0.15) is 0 Å². The summed E-state index contributed by atoms with van der Waals surface area (Å²) in [5, 5.41) is 4.72. The minimum absolute atomic E-state index is 0.0757. The summed E-state index contributed by atoms with van der Waals surface area (Å²) in [6, 6.07) is 15.6. The highest BCUT2D eigenvalue weighted by atomic mass is 32.2. The number of aromatic nitrogens is 1. The van der Waals surface area contributed by atoms with Gasteiger partial charge in [0.05, 0.1) is 16.2 Å². The van der Waals surface area contributed by atoms with Gasteiger partial charge in [-0.3, -0.25) is 0 Å². The SMILES string of the molecule is Cc1ccc2nc(N3CCS(=O)(=O)c4ccccc4C3)cc(NCC3(N)CCCCC3)c2c1. The smallest absolute Gasteiger partial charge is 0.180 e. The number of pyridine rings is 1. The molecule has 1 aliphatic carbocycles. The van der Waals surface area contributed by atoms with Crippen LogP contribution in [0.1, 0.15) is 43.2 Å². The van der Waals surface area contributed by atoms with Gasteiger partial charge in [0.15, 0.2) is 9.84 Å². The van der Waals surface area contributed by atoms with E-state index >= 15 is 0 Å². The van der Waals surface area contributed by atoms with E-state index in [1.165, 1.54) is 24.8 Å². The molecule has 0 spiro atoms. The summed E-state index contributed by atoms with van der Waals surface area (Å²) < 4.78 is 25.7. The van der Waals surface area contributed by atoms with E-state index in [-0.39, 0.29) is 11.3 Å². The van der Waals surface area contributed by atoms with Gasteiger partial charge in [0, 0.05) is 42.3 Å². The van der Waals surface area contributed by atoms with Crippen molar-refractivity contribution in [2.45, 2.75) is 56.0 Å². The molecule has 5 rings (SSSR count). The predicted molar refractivity (Wildman–Crippen MR) is 135 cm³/mol. The van der Waals surface area contributed by atoms with Gasteiger partial charge in [-0.05, 0) is 43.5 Å². The van der Waals surface area contributed by atoms with E-state index in [9.17, 15) is 8.42 Å². The molecule has 0 unspecified atom stereocenters. The Bertz CT molecular complexity index is 1280. The summed E-state index contributed by atoms with van der Waals surface area (Å²) in [5.74, 6) is 0.863. The highest BCUT2D eigenvalue weighted by Gasteiger charge is 2.28. The Labute approximate surface area is 196 Å². The first-order chi connectivity index (χ1) is 15.8. The van der Waals surface area contributed by atoms with Gasteiger partial charge in [0.2, 0.25) is 0 Å². The van der Waals surface area contributed by atoms with Crippen LogP contribution in [0.4, 0.5) is 11.5 Å². The molecule has 2 aromatic carbocycles. The van der Waals surface area contributed by atoms with E-state index in [0.29, 0.717) is 18.0 Å². The molecule has 3 aromatic rings. The van der Waals surface area contributed by atoms with Gasteiger partial charge in [-0.15, -0.1) is 0 Å². The lowest BCUT2D eigenvalue weighted by Crippen LogP contribution is -2.47. The molecule has 1 saturated carbocycles. The molecule has 2 aliphatic rings. The van der Waals surface area contributed by atoms with Crippen molar-refractivity contribution in [2.75, 3.05) is 29.1 Å². The fraction of sp³-hybridized carbons (Fsp3) is 0.423. The normalized spacial score (nSPS) is 19.6. The second-order valence-electron chi connectivity index (χ2n) is 9.67. The fourth-order valence-corrected chi connectivity index (χ4v) is 6.59. The van der Waals surface area contributed by atoms with Gasteiger partial charge < -0.3 is 16.0 Å². The number of sulfone groups is 1. The first-order valence-corrected chi connectivity index (χ1v) is 13.5. The molecule has 2 heterocycles. The number of aryl methyl sites for hydroxylation is 1. The quantitative estimate of drug-likeness (QED) is 0.595. The molecular formula is C26H32N4O2S. The van der Waals surface area contributed by atoms with Crippen molar-refractivity contribution >= 4 is 32.2 Å². The number of nitrogens with zero attached hydrogens (tertiary/aromatic N) is 2. The van der Waals surface area contributed by atoms with Crippen LogP contribution in [0, 0.1) is 6.92 Å². The van der Waals surface area contributed by atoms with Gasteiger partial charge in [-0.25, -0.2) is 13.4 Å². The molecule has 0 atom stereocenters. The lowest BCUT2D eigenvalue weighted by atomic mass is 9.82. The molecule has 6 nitrogen and oxygen atoms in total. The maximum atomic E-state index is 12.8. The molecule has 3 N–H and O–H groups in total. The molecule has 174 valence electrons. The molecule has 1 aliphatic heterocycles. The average Bonchev–Trinajstić information content (AvgIpc) is 2.94. The summed E-state index contributed by atoms with van der Waals surface area (Å²) in [7, 11) is -3.31. The third-order valence-corrected chi connectivity index (χ3v) is 8.84. The van der Waals surface area contributed by atoms with Crippen LogP contribution in [-0.4, -0.2) is 37.8 Å². The lowest BCUT2D eigenvalue weighted by Gasteiger charge is -2.34. The zero-order chi connectivity index (χ0) is 23.1. The van der Waals surface area contributed by atoms with E-state index in [2.05, 4.69) is 35.3 Å². The number of anilines is 2. The van der Waals surface area contributed by atoms with E-state index in [0.717, 1.165) is 47.4 Å². The van der Waals surface area contributed by atoms with Crippen molar-refractivity contribution in [3.05, 3.63) is 59.7 Å². The van der Waals surface area contributed by atoms with E-state index in [4.69, 9.17) is 10.7 Å². The molecule has 1 fully saturated rings. The summed E-state index contributed by atoms with van der Waals surface area (Å²) >= 11 is 0. The Kier molecular flexibility index (Phi) is 5.79. The van der Waals surface area contributed by atoms with Gasteiger partial charge >= 0.3 is 0 Å². The lowest BCUT2D eigenvalue weighted by molar-refractivity contribution is 0.311. The maximum absolute atomic E-state index is 12.8. The van der Waals surface area contributed by atoms with Crippen molar-refractivity contribution in [3.8, 4) is 0 Å². The largest absolute Gasteiger partial charge is 0.383 e. The molecule has 0 amide bonds. The second kappa shape index (κ2) is 8.61. The minimum Gasteiger partial charge on any atom is -0.383 e. The standard InChI is InChI=1S/C26H32N4O2S/c1-19-9-10-22-21(15-19)23(28-18-26(27)11-5-2-6-12-26)16-25(29-22)30-13-14-33(31,32)24-8-4-3-7-20(24)17-30/h3-4,7-10,15-16H,2,5-6,11-14,17-18,27H2,1H3,(H,28,29). The Morgan fingerprint density at radius 1 is 1.09 bits per heavy atom. The van der Waals surface area contributed by atoms with Gasteiger partial charge in [-0.1, -0.05) is 49.1 Å². The predicted octanol–water partition coefficient (Wildman–Crippen LogP) is 4.41. The molecule has 0 bridgehead atoms. The molecule has 1 aromatic heterocycles. The van der Waals surface area contributed by atoms with Crippen LogP contribution >= 0.6 is 0 Å². The minimum atomic E-state index is -3.31. The highest BCUT2D eigenvalue weighted by Crippen LogP contribution is 2.33. The monoisotopic (exact) mass is 464 g/mol. The number of benzene rings is 2. The van der Waals surface area contributed by atoms with Crippen molar-refractivity contribution in [1.29, 1.82) is 0 Å². The van der Waals surface area contributed by atoms with Crippen LogP contribution < -0.4 is 16.0 Å². The zero-order valence-corrected chi connectivity index (χ0v) is 20.0. The third-order valence-electron chi connectivity index (χ3n) is 7.05. The molecule has 33 heavy (non-hydrogen) atoms. The molecule has 0 radical (unpaired) electrons. The highest BCUT2D eigenvalue weighted by molar-refractivity contribution is 7.91. The van der Waals surface area contributed by atoms with Gasteiger partial charge in [0.25, 0.3) is 0 Å².